The predicted molar refractivity (Wildman–Crippen MR) is 212 cm³/mol. The molecule has 50 heavy (non-hydrogen) atoms. The first-order valence-corrected chi connectivity index (χ1v) is 16.9. The largest absolute Gasteiger partial charge is 0.456 e. The summed E-state index contributed by atoms with van der Waals surface area (Å²) in [6.45, 7) is 6.60. The summed E-state index contributed by atoms with van der Waals surface area (Å²) in [4.78, 5) is 5.27. The molecule has 0 aliphatic rings. The summed E-state index contributed by atoms with van der Waals surface area (Å²) < 4.78 is 6.27. The Labute approximate surface area is 293 Å². The lowest BCUT2D eigenvalue weighted by molar-refractivity contribution is 0.669. The van der Waals surface area contributed by atoms with Gasteiger partial charge in [-0.05, 0) is 93.4 Å². The molecule has 0 amide bonds. The highest BCUT2D eigenvalue weighted by Gasteiger charge is 2.16. The predicted octanol–water partition coefficient (Wildman–Crippen LogP) is 13.2. The first-order valence-electron chi connectivity index (χ1n) is 16.9. The lowest BCUT2D eigenvalue weighted by Gasteiger charge is -2.15. The molecule has 1 heterocycles. The summed E-state index contributed by atoms with van der Waals surface area (Å²) >= 11 is 0. The Morgan fingerprint density at radius 3 is 1.78 bits per heavy atom. The first-order chi connectivity index (χ1) is 24.6. The molecule has 0 saturated carbocycles. The van der Waals surface area contributed by atoms with E-state index in [1.165, 1.54) is 0 Å². The van der Waals surface area contributed by atoms with Gasteiger partial charge in [-0.15, -0.1) is 0 Å². The van der Waals surface area contributed by atoms with E-state index in [9.17, 15) is 0 Å². The van der Waals surface area contributed by atoms with Gasteiger partial charge in [-0.1, -0.05) is 152 Å². The average molecular weight is 642 g/mol. The maximum absolute atomic E-state index is 6.27. The summed E-state index contributed by atoms with van der Waals surface area (Å²) in [6.07, 6.45) is 2.21. The van der Waals surface area contributed by atoms with Crippen molar-refractivity contribution in [1.29, 1.82) is 0 Å². The fourth-order valence-corrected chi connectivity index (χ4v) is 6.73. The van der Waals surface area contributed by atoms with Crippen LogP contribution >= 0.6 is 0 Å². The van der Waals surface area contributed by atoms with Crippen LogP contribution in [0.3, 0.4) is 0 Å². The van der Waals surface area contributed by atoms with Crippen molar-refractivity contribution in [3.05, 3.63) is 205 Å². The molecular formula is C48H35NO. The fourth-order valence-electron chi connectivity index (χ4n) is 6.73. The zero-order valence-electron chi connectivity index (χ0n) is 27.9. The van der Waals surface area contributed by atoms with Gasteiger partial charge in [0.15, 0.2) is 0 Å². The molecule has 8 rings (SSSR count). The number of aliphatic imine (C=N–C) groups is 1. The van der Waals surface area contributed by atoms with E-state index in [0.717, 1.165) is 83.3 Å². The number of rotatable bonds is 8. The summed E-state index contributed by atoms with van der Waals surface area (Å²) in [5, 5.41) is 2.24. The van der Waals surface area contributed by atoms with Crippen LogP contribution in [0.1, 0.15) is 23.6 Å². The van der Waals surface area contributed by atoms with Gasteiger partial charge >= 0.3 is 0 Å². The topological polar surface area (TPSA) is 25.5 Å². The Morgan fingerprint density at radius 2 is 1.08 bits per heavy atom. The van der Waals surface area contributed by atoms with Gasteiger partial charge in [-0.2, -0.15) is 0 Å². The normalized spacial score (nSPS) is 12.0. The number of benzene rings is 7. The van der Waals surface area contributed by atoms with Gasteiger partial charge in [-0.25, -0.2) is 4.99 Å². The molecule has 238 valence electrons. The number of furan rings is 1. The second-order valence-electron chi connectivity index (χ2n) is 12.5. The van der Waals surface area contributed by atoms with Crippen LogP contribution in [-0.2, 0) is 0 Å². The first kappa shape index (κ1) is 30.8. The highest BCUT2D eigenvalue weighted by atomic mass is 16.3. The third kappa shape index (κ3) is 6.11. The van der Waals surface area contributed by atoms with Crippen molar-refractivity contribution in [2.75, 3.05) is 0 Å². The lowest BCUT2D eigenvalue weighted by Crippen LogP contribution is -2.01. The van der Waals surface area contributed by atoms with E-state index in [1.807, 2.05) is 36.4 Å². The summed E-state index contributed by atoms with van der Waals surface area (Å²) in [6, 6.07) is 61.2. The van der Waals surface area contributed by atoms with Crippen LogP contribution in [0.15, 0.2) is 198 Å². The summed E-state index contributed by atoms with van der Waals surface area (Å²) in [7, 11) is 0. The van der Waals surface area contributed by atoms with Crippen LogP contribution in [0.4, 0.5) is 0 Å². The van der Waals surface area contributed by atoms with Crippen LogP contribution in [0.5, 0.6) is 0 Å². The van der Waals surface area contributed by atoms with Crippen LogP contribution in [0.2, 0.25) is 0 Å². The van der Waals surface area contributed by atoms with Crippen molar-refractivity contribution in [1.82, 2.24) is 0 Å². The van der Waals surface area contributed by atoms with Crippen LogP contribution in [0, 0.1) is 0 Å². The van der Waals surface area contributed by atoms with E-state index in [-0.39, 0.29) is 0 Å². The average Bonchev–Trinajstić information content (AvgIpc) is 3.57. The molecule has 0 saturated heterocycles. The molecule has 0 aliphatic carbocycles. The van der Waals surface area contributed by atoms with E-state index in [4.69, 9.17) is 9.41 Å². The molecule has 0 N–H and O–H groups in total. The molecule has 2 nitrogen and oxygen atoms in total. The van der Waals surface area contributed by atoms with Gasteiger partial charge in [-0.3, -0.25) is 0 Å². The highest BCUT2D eigenvalue weighted by Crippen LogP contribution is 2.39. The molecule has 7 aromatic carbocycles. The third-order valence-electron chi connectivity index (χ3n) is 9.20. The molecule has 0 atom stereocenters. The minimum atomic E-state index is 0.707. The van der Waals surface area contributed by atoms with Gasteiger partial charge in [0.05, 0.1) is 11.4 Å². The van der Waals surface area contributed by atoms with Crippen LogP contribution in [-0.4, -0.2) is 5.71 Å². The highest BCUT2D eigenvalue weighted by molar-refractivity contribution is 6.17. The quantitative estimate of drug-likeness (QED) is 0.152. The standard InChI is InChI=1S/C48H35NO/c1-33(41-23-12-13-24-42(41)43-26-16-28-47-48(43)44-25-14-15-27-46(44)50-47)29-45(49-34(2)35-17-6-3-7-18-35)40-31-38(36-19-8-4-9-20-36)30-39(32-40)37-21-10-5-11-22-37/h3-32H,2H2,1H3/b33-29+,49-45?. The van der Waals surface area contributed by atoms with E-state index in [2.05, 4.69) is 159 Å². The number of para-hydroxylation sites is 1. The second-order valence-corrected chi connectivity index (χ2v) is 12.5. The van der Waals surface area contributed by atoms with Crippen LogP contribution < -0.4 is 0 Å². The summed E-state index contributed by atoms with van der Waals surface area (Å²) in [5.74, 6) is 0. The van der Waals surface area contributed by atoms with Crippen molar-refractivity contribution < 1.29 is 4.42 Å². The monoisotopic (exact) mass is 641 g/mol. The van der Waals surface area contributed by atoms with E-state index in [0.29, 0.717) is 5.70 Å². The van der Waals surface area contributed by atoms with E-state index in [1.54, 1.807) is 0 Å². The Bertz CT molecular complexity index is 2480. The Morgan fingerprint density at radius 1 is 0.520 bits per heavy atom. The molecule has 0 bridgehead atoms. The molecule has 8 aromatic rings. The van der Waals surface area contributed by atoms with Gasteiger partial charge in [0.25, 0.3) is 0 Å². The van der Waals surface area contributed by atoms with Gasteiger partial charge in [0.1, 0.15) is 11.2 Å². The smallest absolute Gasteiger partial charge is 0.136 e. The number of hydrogen-bond donors (Lipinski definition) is 0. The number of allylic oxidation sites excluding steroid dienone is 2. The van der Waals surface area contributed by atoms with E-state index >= 15 is 0 Å². The molecule has 0 fully saturated rings. The fraction of sp³-hybridized carbons (Fsp3) is 0.0208. The second kappa shape index (κ2) is 13.5. The van der Waals surface area contributed by atoms with Crippen molar-refractivity contribution in [3.8, 4) is 33.4 Å². The maximum Gasteiger partial charge on any atom is 0.136 e. The minimum absolute atomic E-state index is 0.707. The minimum Gasteiger partial charge on any atom is -0.456 e. The van der Waals surface area contributed by atoms with Crippen molar-refractivity contribution >= 4 is 38.9 Å². The Hall–Kier alpha value is -6.51. The van der Waals surface area contributed by atoms with Crippen molar-refractivity contribution in [2.24, 2.45) is 4.99 Å². The molecule has 1 aromatic heterocycles. The maximum atomic E-state index is 6.27. The molecule has 0 radical (unpaired) electrons. The lowest BCUT2D eigenvalue weighted by atomic mass is 9.90. The zero-order chi connectivity index (χ0) is 33.9. The SMILES string of the molecule is C=C(N=C(/C=C(\C)c1ccccc1-c1cccc2oc3ccccc3c12)c1cc(-c2ccccc2)cc(-c2ccccc2)c1)c1ccccc1. The molecular weight excluding hydrogens is 607 g/mol. The number of fused-ring (bicyclic) bond motifs is 3. The zero-order valence-corrected chi connectivity index (χ0v) is 27.9. The van der Waals surface area contributed by atoms with Gasteiger partial charge < -0.3 is 4.42 Å². The van der Waals surface area contributed by atoms with Gasteiger partial charge in [0, 0.05) is 16.3 Å². The third-order valence-corrected chi connectivity index (χ3v) is 9.20. The van der Waals surface area contributed by atoms with Crippen molar-refractivity contribution in [2.45, 2.75) is 6.92 Å². The van der Waals surface area contributed by atoms with E-state index < -0.39 is 0 Å². The Balaban J connectivity index is 1.32. The Kier molecular flexibility index (Phi) is 8.34. The molecule has 0 spiro atoms. The van der Waals surface area contributed by atoms with Crippen molar-refractivity contribution in [3.63, 3.8) is 0 Å². The molecule has 2 heteroatoms. The van der Waals surface area contributed by atoms with Crippen LogP contribution in [0.25, 0.3) is 66.6 Å². The number of hydrogen-bond acceptors (Lipinski definition) is 2. The molecule has 0 unspecified atom stereocenters. The number of nitrogens with zero attached hydrogens (tertiary/aromatic N) is 1. The van der Waals surface area contributed by atoms with Gasteiger partial charge in [0.2, 0.25) is 0 Å². The summed E-state index contributed by atoms with van der Waals surface area (Å²) in [5.41, 5.74) is 14.4. The molecule has 0 aliphatic heterocycles.